The zero-order valence-electron chi connectivity index (χ0n) is 17.7. The van der Waals surface area contributed by atoms with Crippen molar-refractivity contribution in [3.05, 3.63) is 82.1 Å². The summed E-state index contributed by atoms with van der Waals surface area (Å²) >= 11 is 7.84. The number of anilines is 1. The summed E-state index contributed by atoms with van der Waals surface area (Å²) in [5.74, 6) is 0.547. The normalized spacial score (nSPS) is 13.1. The Morgan fingerprint density at radius 2 is 2.00 bits per heavy atom. The van der Waals surface area contributed by atoms with E-state index in [1.54, 1.807) is 36.5 Å². The Morgan fingerprint density at radius 1 is 1.16 bits per heavy atom. The lowest BCUT2D eigenvalue weighted by Crippen LogP contribution is -2.30. The molecule has 32 heavy (non-hydrogen) atoms. The first-order chi connectivity index (χ1) is 15.6. The largest absolute Gasteiger partial charge is 0.494 e. The second kappa shape index (κ2) is 8.88. The minimum Gasteiger partial charge on any atom is -0.494 e. The van der Waals surface area contributed by atoms with Crippen molar-refractivity contribution in [2.45, 2.75) is 32.2 Å². The molecule has 2 heterocycles. The Balaban J connectivity index is 1.59. The number of carbonyl (C=O) groups is 1. The second-order valence-corrected chi connectivity index (χ2v) is 9.25. The lowest BCUT2D eigenvalue weighted by Gasteiger charge is -2.22. The zero-order valence-corrected chi connectivity index (χ0v) is 19.2. The van der Waals surface area contributed by atoms with E-state index in [0.717, 1.165) is 23.1 Å². The van der Waals surface area contributed by atoms with Crippen molar-refractivity contribution < 1.29 is 9.53 Å². The maximum Gasteiger partial charge on any atom is 0.260 e. The molecule has 2 aromatic heterocycles. The molecule has 7 heteroatoms. The molecule has 0 bridgehead atoms. The Bertz CT molecular complexity index is 1290. The predicted octanol–water partition coefficient (Wildman–Crippen LogP) is 6.08. The molecule has 1 aliphatic rings. The van der Waals surface area contributed by atoms with Crippen LogP contribution in [-0.4, -0.2) is 23.0 Å². The summed E-state index contributed by atoms with van der Waals surface area (Å²) in [6, 6.07) is 13.5. The molecule has 1 amide bonds. The first kappa shape index (κ1) is 20.9. The first-order valence-corrected chi connectivity index (χ1v) is 11.8. The fourth-order valence-electron chi connectivity index (χ4n) is 4.14. The Kier molecular flexibility index (Phi) is 5.81. The van der Waals surface area contributed by atoms with E-state index in [2.05, 4.69) is 11.1 Å². The maximum absolute atomic E-state index is 13.8. The van der Waals surface area contributed by atoms with E-state index >= 15 is 0 Å². The number of ether oxygens (including phenoxy) is 1. The maximum atomic E-state index is 13.8. The summed E-state index contributed by atoms with van der Waals surface area (Å²) < 4.78 is 6.27. The predicted molar refractivity (Wildman–Crippen MR) is 129 cm³/mol. The number of benzene rings is 2. The van der Waals surface area contributed by atoms with Crippen LogP contribution in [-0.2, 0) is 19.4 Å². The minimum absolute atomic E-state index is 0.0867. The van der Waals surface area contributed by atoms with E-state index in [0.29, 0.717) is 33.5 Å². The van der Waals surface area contributed by atoms with Gasteiger partial charge in [0.1, 0.15) is 11.3 Å². The van der Waals surface area contributed by atoms with Gasteiger partial charge in [-0.05, 0) is 72.7 Å². The molecule has 162 valence electrons. The molecule has 5 nitrogen and oxygen atoms in total. The van der Waals surface area contributed by atoms with Crippen LogP contribution in [0.3, 0.4) is 0 Å². The number of hydrogen-bond donors (Lipinski definition) is 0. The third kappa shape index (κ3) is 3.96. The van der Waals surface area contributed by atoms with E-state index in [1.807, 2.05) is 24.3 Å². The van der Waals surface area contributed by atoms with Gasteiger partial charge in [-0.25, -0.2) is 4.98 Å². The highest BCUT2D eigenvalue weighted by atomic mass is 35.5. The molecule has 0 saturated heterocycles. The number of fused-ring (bicyclic) bond motifs is 2. The number of thiazole rings is 1. The standard InChI is InChI=1S/C25H22ClN3O2S/c1-31-21-11-10-20(26)23-22(21)28-25(32-23)29(15-16-5-4-12-27-14-16)24(30)19-9-8-17-6-2-3-7-18(17)13-19/h4-5,8-14H,2-3,6-7,15H2,1H3. The van der Waals surface area contributed by atoms with Crippen LogP contribution in [0.4, 0.5) is 5.13 Å². The van der Waals surface area contributed by atoms with Crippen molar-refractivity contribution in [1.82, 2.24) is 9.97 Å². The number of nitrogens with zero attached hydrogens (tertiary/aromatic N) is 3. The van der Waals surface area contributed by atoms with Crippen LogP contribution in [0.2, 0.25) is 5.02 Å². The summed E-state index contributed by atoms with van der Waals surface area (Å²) in [5, 5.41) is 1.17. The van der Waals surface area contributed by atoms with E-state index in [-0.39, 0.29) is 5.91 Å². The molecule has 0 saturated carbocycles. The fraction of sp³-hybridized carbons (Fsp3) is 0.240. The zero-order chi connectivity index (χ0) is 22.1. The number of carbonyl (C=O) groups excluding carboxylic acids is 1. The summed E-state index contributed by atoms with van der Waals surface area (Å²) in [5.41, 5.74) is 4.89. The lowest BCUT2D eigenvalue weighted by molar-refractivity contribution is 0.0985. The number of rotatable bonds is 5. The fourth-order valence-corrected chi connectivity index (χ4v) is 5.40. The van der Waals surface area contributed by atoms with Gasteiger partial charge in [-0.15, -0.1) is 0 Å². The molecule has 4 aromatic rings. The number of aryl methyl sites for hydroxylation is 2. The summed E-state index contributed by atoms with van der Waals surface area (Å²) in [4.78, 5) is 24.4. The van der Waals surface area contributed by atoms with E-state index < -0.39 is 0 Å². The molecular weight excluding hydrogens is 442 g/mol. The van der Waals surface area contributed by atoms with Gasteiger partial charge in [-0.2, -0.15) is 0 Å². The van der Waals surface area contributed by atoms with Gasteiger partial charge >= 0.3 is 0 Å². The van der Waals surface area contributed by atoms with Gasteiger partial charge in [0.15, 0.2) is 5.13 Å². The summed E-state index contributed by atoms with van der Waals surface area (Å²) in [6.45, 7) is 0.365. The van der Waals surface area contributed by atoms with Crippen molar-refractivity contribution in [1.29, 1.82) is 0 Å². The van der Waals surface area contributed by atoms with E-state index in [9.17, 15) is 4.79 Å². The van der Waals surface area contributed by atoms with Crippen molar-refractivity contribution in [2.24, 2.45) is 0 Å². The molecule has 5 rings (SSSR count). The number of pyridine rings is 1. The Labute approximate surface area is 195 Å². The highest BCUT2D eigenvalue weighted by Crippen LogP contribution is 2.39. The van der Waals surface area contributed by atoms with Gasteiger partial charge in [0.05, 0.1) is 23.4 Å². The molecule has 0 radical (unpaired) electrons. The van der Waals surface area contributed by atoms with Crippen LogP contribution in [0.5, 0.6) is 5.75 Å². The molecule has 0 aliphatic heterocycles. The number of halogens is 1. The highest BCUT2D eigenvalue weighted by molar-refractivity contribution is 7.23. The van der Waals surface area contributed by atoms with Gasteiger partial charge < -0.3 is 4.74 Å². The molecule has 0 spiro atoms. The average Bonchev–Trinajstić information content (AvgIpc) is 3.29. The average molecular weight is 464 g/mol. The highest BCUT2D eigenvalue weighted by Gasteiger charge is 2.24. The quantitative estimate of drug-likeness (QED) is 0.360. The minimum atomic E-state index is -0.0867. The van der Waals surface area contributed by atoms with Crippen molar-refractivity contribution >= 4 is 44.2 Å². The summed E-state index contributed by atoms with van der Waals surface area (Å²) in [7, 11) is 1.60. The third-order valence-corrected chi connectivity index (χ3v) is 7.34. The monoisotopic (exact) mass is 463 g/mol. The summed E-state index contributed by atoms with van der Waals surface area (Å²) in [6.07, 6.45) is 7.98. The molecule has 2 aromatic carbocycles. The number of methoxy groups -OCH3 is 1. The van der Waals surface area contributed by atoms with Gasteiger partial charge in [0.25, 0.3) is 5.91 Å². The van der Waals surface area contributed by atoms with Crippen molar-refractivity contribution in [3.63, 3.8) is 0 Å². The molecule has 0 atom stereocenters. The molecular formula is C25H22ClN3O2S. The van der Waals surface area contributed by atoms with Gasteiger partial charge in [-0.3, -0.25) is 14.7 Å². The van der Waals surface area contributed by atoms with E-state index in [1.165, 1.54) is 35.3 Å². The van der Waals surface area contributed by atoms with Crippen LogP contribution in [0.1, 0.15) is 39.9 Å². The topological polar surface area (TPSA) is 55.3 Å². The van der Waals surface area contributed by atoms with Crippen LogP contribution in [0.25, 0.3) is 10.2 Å². The molecule has 0 fully saturated rings. The smallest absolute Gasteiger partial charge is 0.260 e. The number of amides is 1. The SMILES string of the molecule is COc1ccc(Cl)c2sc(N(Cc3cccnc3)C(=O)c3ccc4c(c3)CCCC4)nc12. The van der Waals surface area contributed by atoms with Crippen LogP contribution in [0, 0.1) is 0 Å². The number of hydrogen-bond acceptors (Lipinski definition) is 5. The third-order valence-electron chi connectivity index (χ3n) is 5.80. The van der Waals surface area contributed by atoms with E-state index in [4.69, 9.17) is 21.3 Å². The van der Waals surface area contributed by atoms with Crippen molar-refractivity contribution in [2.75, 3.05) is 12.0 Å². The van der Waals surface area contributed by atoms with Crippen LogP contribution < -0.4 is 9.64 Å². The van der Waals surface area contributed by atoms with Gasteiger partial charge in [0.2, 0.25) is 0 Å². The van der Waals surface area contributed by atoms with Crippen molar-refractivity contribution in [3.8, 4) is 5.75 Å². The lowest BCUT2D eigenvalue weighted by atomic mass is 9.90. The van der Waals surface area contributed by atoms with Crippen LogP contribution >= 0.6 is 22.9 Å². The van der Waals surface area contributed by atoms with Gasteiger partial charge in [-0.1, -0.05) is 35.1 Å². The van der Waals surface area contributed by atoms with Gasteiger partial charge in [0, 0.05) is 18.0 Å². The molecule has 0 unspecified atom stereocenters. The number of aromatic nitrogens is 2. The second-order valence-electron chi connectivity index (χ2n) is 7.87. The molecule has 1 aliphatic carbocycles. The van der Waals surface area contributed by atoms with Crippen LogP contribution in [0.15, 0.2) is 54.9 Å². The Morgan fingerprint density at radius 3 is 2.78 bits per heavy atom. The first-order valence-electron chi connectivity index (χ1n) is 10.6. The Hall–Kier alpha value is -2.96. The molecule has 0 N–H and O–H groups in total.